The van der Waals surface area contributed by atoms with Crippen LogP contribution in [0.3, 0.4) is 0 Å². The second kappa shape index (κ2) is 25.6. The highest BCUT2D eigenvalue weighted by Crippen LogP contribution is 2.54. The van der Waals surface area contributed by atoms with Gasteiger partial charge in [0, 0.05) is 37.2 Å². The van der Waals surface area contributed by atoms with E-state index in [0.717, 1.165) is 6.42 Å². The molecule has 0 radical (unpaired) electrons. The maximum Gasteiger partial charge on any atom is 0.407 e. The van der Waals surface area contributed by atoms with Crippen molar-refractivity contribution in [3.8, 4) is 0 Å². The van der Waals surface area contributed by atoms with E-state index in [1.807, 2.05) is 53.7 Å². The van der Waals surface area contributed by atoms with Crippen LogP contribution >= 0.6 is 0 Å². The summed E-state index contributed by atoms with van der Waals surface area (Å²) < 4.78 is 61.6. The second-order valence-corrected chi connectivity index (χ2v) is 21.1. The van der Waals surface area contributed by atoms with Crippen molar-refractivity contribution < 1.29 is 77.1 Å². The third-order valence-electron chi connectivity index (χ3n) is 16.4. The SMILES string of the molecule is CC[C@@H](C(=O)[C@@H](C)[C@@H](O)[C@H](C)[C@@H]1O[C@@H]([C@@H](CC)C(=O)O)CC[C@@H]1C)[C@H]1O[C@]2(C=C[C@@H](NC(=O)OCCOCCOCCOCCOC)[C@]3(CC[C@@](C)([C@H]4CC[C@](O)(CC)[C@H](C)O4)O3)O2)[C@H](C)C[C@@H]1C. The van der Waals surface area contributed by atoms with Crippen LogP contribution in [0.2, 0.25) is 0 Å². The van der Waals surface area contributed by atoms with Gasteiger partial charge in [-0.25, -0.2) is 4.79 Å². The van der Waals surface area contributed by atoms with Crippen molar-refractivity contribution in [3.63, 3.8) is 0 Å². The summed E-state index contributed by atoms with van der Waals surface area (Å²) in [6.45, 7) is 22.3. The van der Waals surface area contributed by atoms with Crippen molar-refractivity contribution in [2.45, 2.75) is 199 Å². The zero-order chi connectivity index (χ0) is 50.7. The first kappa shape index (κ1) is 57.6. The van der Waals surface area contributed by atoms with Gasteiger partial charge >= 0.3 is 12.1 Å². The van der Waals surface area contributed by atoms with Crippen LogP contribution in [0, 0.1) is 41.4 Å². The molecule has 17 nitrogen and oxygen atoms in total. The van der Waals surface area contributed by atoms with Gasteiger partial charge in [-0.3, -0.25) is 9.59 Å². The molecule has 0 aromatic heterocycles. The van der Waals surface area contributed by atoms with Crippen LogP contribution < -0.4 is 5.32 Å². The first-order valence-electron chi connectivity index (χ1n) is 26.1. The summed E-state index contributed by atoms with van der Waals surface area (Å²) >= 11 is 0. The fraction of sp³-hybridized carbons (Fsp3) is 0.904. The molecular formula is C52H89NO16. The highest BCUT2D eigenvalue weighted by atomic mass is 16.8. The Morgan fingerprint density at radius 1 is 0.797 bits per heavy atom. The fourth-order valence-corrected chi connectivity index (χ4v) is 11.7. The number of ether oxygens (including phenoxy) is 10. The molecule has 5 rings (SSSR count). The van der Waals surface area contributed by atoms with Gasteiger partial charge in [0.2, 0.25) is 0 Å². The highest BCUT2D eigenvalue weighted by molar-refractivity contribution is 5.84. The largest absolute Gasteiger partial charge is 0.481 e. The number of aliphatic hydroxyl groups is 2. The van der Waals surface area contributed by atoms with Crippen LogP contribution in [-0.2, 0) is 57.0 Å². The van der Waals surface area contributed by atoms with E-state index in [0.29, 0.717) is 97.4 Å². The van der Waals surface area contributed by atoms with E-state index in [-0.39, 0.29) is 42.9 Å². The zero-order valence-electron chi connectivity index (χ0n) is 43.6. The number of Topliss-reactive ketones (excluding diaryl/α,β-unsaturated/α-hetero) is 1. The van der Waals surface area contributed by atoms with Gasteiger partial charge in [-0.15, -0.1) is 0 Å². The fourth-order valence-electron chi connectivity index (χ4n) is 11.7. The molecule has 4 fully saturated rings. The quantitative estimate of drug-likeness (QED) is 0.0559. The molecule has 4 saturated heterocycles. The molecule has 0 saturated carbocycles. The van der Waals surface area contributed by atoms with Gasteiger partial charge in [0.15, 0.2) is 11.6 Å². The summed E-state index contributed by atoms with van der Waals surface area (Å²) in [4.78, 5) is 40.3. The minimum absolute atomic E-state index is 0.00220. The molecule has 5 heterocycles. The van der Waals surface area contributed by atoms with Crippen molar-refractivity contribution in [1.82, 2.24) is 5.32 Å². The van der Waals surface area contributed by atoms with E-state index >= 15 is 0 Å². The van der Waals surface area contributed by atoms with Gasteiger partial charge in [0.05, 0.1) is 100.0 Å². The third kappa shape index (κ3) is 13.7. The second-order valence-electron chi connectivity index (χ2n) is 21.1. The predicted octanol–water partition coefficient (Wildman–Crippen LogP) is 6.62. The molecule has 0 unspecified atom stereocenters. The molecule has 0 bridgehead atoms. The molecule has 5 aliphatic rings. The van der Waals surface area contributed by atoms with Crippen LogP contribution in [0.5, 0.6) is 0 Å². The summed E-state index contributed by atoms with van der Waals surface area (Å²) in [6, 6.07) is -0.799. The maximum atomic E-state index is 14.7. The molecule has 17 heteroatoms. The third-order valence-corrected chi connectivity index (χ3v) is 16.4. The van der Waals surface area contributed by atoms with Gasteiger partial charge in [0.25, 0.3) is 0 Å². The topological polar surface area (TPSA) is 216 Å². The number of carbonyl (C=O) groups is 3. The molecular weight excluding hydrogens is 895 g/mol. The lowest BCUT2D eigenvalue weighted by atomic mass is 9.72. The highest BCUT2D eigenvalue weighted by Gasteiger charge is 2.63. The summed E-state index contributed by atoms with van der Waals surface area (Å²) in [7, 11) is 1.62. The summed E-state index contributed by atoms with van der Waals surface area (Å²) in [6.07, 6.45) is 5.27. The standard InChI is InChI=1S/C52H89NO16/c1-12-38(47(56)57)40-16-15-32(4)45(66-40)36(8)43(54)35(7)44(55)39(13-2)46-33(5)31-34(6)51(67-46)20-17-41(53-48(58)64-30-29-63-28-27-62-26-25-61-24-23-60-11)52(69-51)22-21-49(10,68-52)42-18-19-50(59,14-3)37(9)65-42/h17,20,32-43,45-46,54,59H,12-16,18-19,21-31H2,1-11H3,(H,53,58)(H,56,57)/t32-,33-,34+,35-,36-,37-,38+,39-,40+,41+,42+,43+,45+,46-,49-,50+,51-,52-/m0/s1. The lowest BCUT2D eigenvalue weighted by molar-refractivity contribution is -0.398. The lowest BCUT2D eigenvalue weighted by Gasteiger charge is -2.55. The summed E-state index contributed by atoms with van der Waals surface area (Å²) in [5.74, 6) is -6.37. The number of hydrogen-bond donors (Lipinski definition) is 4. The Morgan fingerprint density at radius 2 is 1.43 bits per heavy atom. The Morgan fingerprint density at radius 3 is 2.03 bits per heavy atom. The molecule has 69 heavy (non-hydrogen) atoms. The number of rotatable bonds is 25. The van der Waals surface area contributed by atoms with Crippen molar-refractivity contribution in [2.75, 3.05) is 60.0 Å². The lowest BCUT2D eigenvalue weighted by Crippen LogP contribution is -2.65. The average Bonchev–Trinajstić information content (AvgIpc) is 3.66. The Labute approximate surface area is 411 Å². The van der Waals surface area contributed by atoms with Gasteiger partial charge in [-0.1, -0.05) is 61.5 Å². The molecule has 0 aliphatic carbocycles. The Balaban J connectivity index is 1.30. The molecule has 0 aromatic carbocycles. The monoisotopic (exact) mass is 984 g/mol. The van der Waals surface area contributed by atoms with E-state index in [1.54, 1.807) is 14.0 Å². The van der Waals surface area contributed by atoms with Crippen molar-refractivity contribution >= 4 is 17.8 Å². The molecule has 398 valence electrons. The maximum absolute atomic E-state index is 14.7. The number of carboxylic acids is 1. The number of alkyl carbamates (subject to hydrolysis) is 1. The smallest absolute Gasteiger partial charge is 0.407 e. The van der Waals surface area contributed by atoms with Crippen molar-refractivity contribution in [3.05, 3.63) is 12.2 Å². The average molecular weight is 984 g/mol. The van der Waals surface area contributed by atoms with E-state index in [4.69, 9.17) is 47.4 Å². The van der Waals surface area contributed by atoms with E-state index in [9.17, 15) is 29.7 Å². The molecule has 1 amide bonds. The minimum atomic E-state index is -1.43. The number of carboxylic acid groups (broad SMARTS) is 1. The first-order chi connectivity index (χ1) is 32.7. The number of ketones is 1. The van der Waals surface area contributed by atoms with Crippen LogP contribution in [0.15, 0.2) is 12.2 Å². The number of nitrogens with one attached hydrogen (secondary N) is 1. The van der Waals surface area contributed by atoms with Gasteiger partial charge < -0.3 is 68.0 Å². The minimum Gasteiger partial charge on any atom is -0.481 e. The number of amides is 1. The predicted molar refractivity (Wildman–Crippen MR) is 255 cm³/mol. The van der Waals surface area contributed by atoms with Gasteiger partial charge in [-0.2, -0.15) is 0 Å². The van der Waals surface area contributed by atoms with Crippen LogP contribution in [0.25, 0.3) is 0 Å². The molecule has 4 N–H and O–H groups in total. The van der Waals surface area contributed by atoms with Gasteiger partial charge in [-0.05, 0) is 89.5 Å². The summed E-state index contributed by atoms with van der Waals surface area (Å²) in [5.41, 5.74) is -1.80. The Bertz CT molecular complexity index is 1670. The summed E-state index contributed by atoms with van der Waals surface area (Å²) in [5, 5.41) is 36.1. The number of methoxy groups -OCH3 is 1. The first-order valence-corrected chi connectivity index (χ1v) is 26.1. The van der Waals surface area contributed by atoms with Crippen molar-refractivity contribution in [2.24, 2.45) is 41.4 Å². The molecule has 2 spiro atoms. The van der Waals surface area contributed by atoms with Gasteiger partial charge in [0.1, 0.15) is 18.4 Å². The Kier molecular flexibility index (Phi) is 21.4. The van der Waals surface area contributed by atoms with Crippen LogP contribution in [0.1, 0.15) is 133 Å². The molecule has 18 atom stereocenters. The molecule has 0 aromatic rings. The zero-order valence-corrected chi connectivity index (χ0v) is 43.6. The number of aliphatic carboxylic acids is 1. The normalized spacial score (nSPS) is 38.1. The van der Waals surface area contributed by atoms with E-state index < -0.39 is 95.1 Å². The molecule has 5 aliphatic heterocycles. The number of carbonyl (C=O) groups excluding carboxylic acids is 2. The van der Waals surface area contributed by atoms with E-state index in [1.165, 1.54) is 0 Å². The number of aliphatic hydroxyl groups excluding tert-OH is 1. The Hall–Kier alpha value is -2.29. The van der Waals surface area contributed by atoms with Crippen LogP contribution in [0.4, 0.5) is 4.79 Å². The van der Waals surface area contributed by atoms with Crippen molar-refractivity contribution in [1.29, 1.82) is 0 Å². The van der Waals surface area contributed by atoms with E-state index in [2.05, 4.69) is 26.1 Å². The number of hydrogen-bond acceptors (Lipinski definition) is 15. The van der Waals surface area contributed by atoms with Crippen LogP contribution in [-0.4, -0.2) is 159 Å².